The van der Waals surface area contributed by atoms with Crippen LogP contribution in [0.3, 0.4) is 0 Å². The third kappa shape index (κ3) is 3.93. The Morgan fingerprint density at radius 2 is 2.05 bits per heavy atom. The average molecular weight is 290 g/mol. The van der Waals surface area contributed by atoms with Crippen molar-refractivity contribution in [2.24, 2.45) is 0 Å². The molecule has 1 N–H and O–H groups in total. The number of nitrogens with one attached hydrogen (secondary N) is 1. The van der Waals surface area contributed by atoms with E-state index in [1.807, 2.05) is 32.2 Å². The van der Waals surface area contributed by atoms with Gasteiger partial charge in [-0.2, -0.15) is 0 Å². The van der Waals surface area contributed by atoms with Crippen LogP contribution in [-0.2, 0) is 13.1 Å². The van der Waals surface area contributed by atoms with Gasteiger partial charge in [-0.1, -0.05) is 25.1 Å². The van der Waals surface area contributed by atoms with E-state index >= 15 is 0 Å². The van der Waals surface area contributed by atoms with Gasteiger partial charge >= 0.3 is 0 Å². The first-order chi connectivity index (χ1) is 10.1. The summed E-state index contributed by atoms with van der Waals surface area (Å²) in [5, 5.41) is 3.30. The second-order valence-corrected chi connectivity index (χ2v) is 5.26. The van der Waals surface area contributed by atoms with Crippen molar-refractivity contribution < 1.29 is 8.81 Å². The van der Waals surface area contributed by atoms with Gasteiger partial charge in [0.15, 0.2) is 0 Å². The lowest BCUT2D eigenvalue weighted by molar-refractivity contribution is 0.227. The van der Waals surface area contributed by atoms with Crippen molar-refractivity contribution in [2.75, 3.05) is 13.6 Å². The maximum absolute atomic E-state index is 13.9. The molecule has 1 aromatic heterocycles. The van der Waals surface area contributed by atoms with Gasteiger partial charge in [0.2, 0.25) is 0 Å². The molecular formula is C17H23FN2O. The summed E-state index contributed by atoms with van der Waals surface area (Å²) in [6, 6.07) is 8.89. The van der Waals surface area contributed by atoms with Gasteiger partial charge in [0, 0.05) is 23.7 Å². The fourth-order valence-corrected chi connectivity index (χ4v) is 2.34. The molecule has 0 aliphatic carbocycles. The molecule has 4 heteroatoms. The van der Waals surface area contributed by atoms with Crippen LogP contribution in [0.5, 0.6) is 0 Å². The molecule has 0 fully saturated rings. The molecule has 0 aliphatic rings. The number of hydrogen-bond donors (Lipinski definition) is 1. The summed E-state index contributed by atoms with van der Waals surface area (Å²) in [5.41, 5.74) is 1.87. The maximum atomic E-state index is 13.9. The summed E-state index contributed by atoms with van der Waals surface area (Å²) in [7, 11) is 1.98. The molecule has 0 amide bonds. The van der Waals surface area contributed by atoms with Crippen molar-refractivity contribution in [2.45, 2.75) is 33.0 Å². The van der Waals surface area contributed by atoms with Gasteiger partial charge < -0.3 is 9.73 Å². The molecule has 2 rings (SSSR count). The summed E-state index contributed by atoms with van der Waals surface area (Å²) in [6.45, 7) is 6.46. The Kier molecular flexibility index (Phi) is 5.53. The molecule has 1 heterocycles. The predicted molar refractivity (Wildman–Crippen MR) is 82.4 cm³/mol. The summed E-state index contributed by atoms with van der Waals surface area (Å²) >= 11 is 0. The van der Waals surface area contributed by atoms with E-state index < -0.39 is 0 Å². The lowest BCUT2D eigenvalue weighted by atomic mass is 10.1. The van der Waals surface area contributed by atoms with E-state index in [4.69, 9.17) is 4.42 Å². The van der Waals surface area contributed by atoms with Crippen molar-refractivity contribution in [3.8, 4) is 0 Å². The SMILES string of the molecule is CCNCc1ccoc1CN(C)C(C)c1ccccc1F. The molecular weight excluding hydrogens is 267 g/mol. The fraction of sp³-hybridized carbons (Fsp3) is 0.412. The quantitative estimate of drug-likeness (QED) is 0.842. The van der Waals surface area contributed by atoms with E-state index in [0.29, 0.717) is 12.1 Å². The molecule has 0 radical (unpaired) electrons. The van der Waals surface area contributed by atoms with E-state index in [9.17, 15) is 4.39 Å². The van der Waals surface area contributed by atoms with Gasteiger partial charge in [0.1, 0.15) is 11.6 Å². The Morgan fingerprint density at radius 1 is 1.29 bits per heavy atom. The van der Waals surface area contributed by atoms with Gasteiger partial charge in [0.05, 0.1) is 12.8 Å². The molecule has 0 saturated heterocycles. The van der Waals surface area contributed by atoms with Gasteiger partial charge in [-0.25, -0.2) is 4.39 Å². The van der Waals surface area contributed by atoms with E-state index in [2.05, 4.69) is 17.1 Å². The third-order valence-electron chi connectivity index (χ3n) is 3.81. The van der Waals surface area contributed by atoms with E-state index in [-0.39, 0.29) is 11.9 Å². The van der Waals surface area contributed by atoms with Crippen LogP contribution in [0.25, 0.3) is 0 Å². The molecule has 1 aromatic carbocycles. The molecule has 0 bridgehead atoms. The first-order valence-corrected chi connectivity index (χ1v) is 7.34. The topological polar surface area (TPSA) is 28.4 Å². The van der Waals surface area contributed by atoms with Crippen LogP contribution in [0.1, 0.15) is 36.8 Å². The highest BCUT2D eigenvalue weighted by atomic mass is 19.1. The van der Waals surface area contributed by atoms with Gasteiger partial charge in [-0.3, -0.25) is 4.90 Å². The summed E-state index contributed by atoms with van der Waals surface area (Å²) in [6.07, 6.45) is 1.71. The minimum Gasteiger partial charge on any atom is -0.468 e. The lowest BCUT2D eigenvalue weighted by Crippen LogP contribution is -2.23. The highest BCUT2D eigenvalue weighted by molar-refractivity contribution is 5.21. The molecule has 1 unspecified atom stereocenters. The molecule has 0 spiro atoms. The highest BCUT2D eigenvalue weighted by Gasteiger charge is 2.17. The maximum Gasteiger partial charge on any atom is 0.127 e. The number of furan rings is 1. The third-order valence-corrected chi connectivity index (χ3v) is 3.81. The van der Waals surface area contributed by atoms with E-state index in [0.717, 1.165) is 24.4 Å². The molecule has 114 valence electrons. The fourth-order valence-electron chi connectivity index (χ4n) is 2.34. The van der Waals surface area contributed by atoms with Crippen molar-refractivity contribution in [1.82, 2.24) is 10.2 Å². The largest absolute Gasteiger partial charge is 0.468 e. The lowest BCUT2D eigenvalue weighted by Gasteiger charge is -2.25. The smallest absolute Gasteiger partial charge is 0.127 e. The Bertz CT molecular complexity index is 567. The van der Waals surface area contributed by atoms with E-state index in [1.165, 1.54) is 6.07 Å². The first kappa shape index (κ1) is 15.7. The number of hydrogen-bond acceptors (Lipinski definition) is 3. The van der Waals surface area contributed by atoms with Crippen LogP contribution in [0.2, 0.25) is 0 Å². The minimum absolute atomic E-state index is 0.0108. The van der Waals surface area contributed by atoms with Crippen LogP contribution in [0.15, 0.2) is 41.0 Å². The van der Waals surface area contributed by atoms with Crippen molar-refractivity contribution in [3.63, 3.8) is 0 Å². The van der Waals surface area contributed by atoms with Crippen LogP contribution in [0, 0.1) is 5.82 Å². The molecule has 0 saturated carbocycles. The molecule has 1 atom stereocenters. The predicted octanol–water partition coefficient (Wildman–Crippen LogP) is 3.72. The standard InChI is InChI=1S/C17H23FN2O/c1-4-19-11-14-9-10-21-17(14)12-20(3)13(2)15-7-5-6-8-16(15)18/h5-10,13,19H,4,11-12H2,1-3H3. The Labute approximate surface area is 125 Å². The van der Waals surface area contributed by atoms with Gasteiger partial charge in [-0.15, -0.1) is 0 Å². The van der Waals surface area contributed by atoms with Crippen molar-refractivity contribution in [1.29, 1.82) is 0 Å². The van der Waals surface area contributed by atoms with Crippen LogP contribution in [-0.4, -0.2) is 18.5 Å². The minimum atomic E-state index is -0.163. The van der Waals surface area contributed by atoms with E-state index in [1.54, 1.807) is 12.3 Å². The number of benzene rings is 1. The second kappa shape index (κ2) is 7.38. The highest BCUT2D eigenvalue weighted by Crippen LogP contribution is 2.24. The van der Waals surface area contributed by atoms with Crippen LogP contribution >= 0.6 is 0 Å². The van der Waals surface area contributed by atoms with Crippen LogP contribution in [0.4, 0.5) is 4.39 Å². The van der Waals surface area contributed by atoms with Gasteiger partial charge in [0.25, 0.3) is 0 Å². The molecule has 3 nitrogen and oxygen atoms in total. The summed E-state index contributed by atoms with van der Waals surface area (Å²) < 4.78 is 19.4. The monoisotopic (exact) mass is 290 g/mol. The molecule has 0 aliphatic heterocycles. The van der Waals surface area contributed by atoms with Crippen molar-refractivity contribution in [3.05, 3.63) is 59.3 Å². The van der Waals surface area contributed by atoms with Crippen LogP contribution < -0.4 is 5.32 Å². The molecule has 21 heavy (non-hydrogen) atoms. The molecule has 2 aromatic rings. The average Bonchev–Trinajstić information content (AvgIpc) is 2.92. The Balaban J connectivity index is 2.06. The number of rotatable bonds is 7. The first-order valence-electron chi connectivity index (χ1n) is 7.34. The second-order valence-electron chi connectivity index (χ2n) is 5.26. The van der Waals surface area contributed by atoms with Gasteiger partial charge in [-0.05, 0) is 32.6 Å². The zero-order chi connectivity index (χ0) is 15.2. The number of nitrogens with zero attached hydrogens (tertiary/aromatic N) is 1. The van der Waals surface area contributed by atoms with Crippen molar-refractivity contribution >= 4 is 0 Å². The Hall–Kier alpha value is -1.65. The summed E-state index contributed by atoms with van der Waals surface area (Å²) in [5.74, 6) is 0.769. The normalized spacial score (nSPS) is 12.8. The zero-order valence-corrected chi connectivity index (χ0v) is 12.9. The zero-order valence-electron chi connectivity index (χ0n) is 12.9. The summed E-state index contributed by atoms with van der Waals surface area (Å²) in [4.78, 5) is 2.09. The Morgan fingerprint density at radius 3 is 2.76 bits per heavy atom. The number of halogens is 1.